The number of hydrogen-bond donors (Lipinski definition) is 1. The summed E-state index contributed by atoms with van der Waals surface area (Å²) in [7, 11) is 0. The number of amides is 3. The Balaban J connectivity index is 1.43. The van der Waals surface area contributed by atoms with E-state index in [-0.39, 0.29) is 29.0 Å². The monoisotopic (exact) mass is 793 g/mol. The van der Waals surface area contributed by atoms with E-state index in [1.165, 1.54) is 17.0 Å². The Bertz CT molecular complexity index is 2060. The maximum absolute atomic E-state index is 14.3. The van der Waals surface area contributed by atoms with Crippen molar-refractivity contribution in [2.75, 3.05) is 12.4 Å². The molecule has 0 radical (unpaired) electrons. The summed E-state index contributed by atoms with van der Waals surface area (Å²) in [6.07, 6.45) is 8.02. The molecule has 0 aromatic heterocycles. The molecule has 4 aromatic carbocycles. The highest BCUT2D eigenvalue weighted by Crippen LogP contribution is 2.37. The van der Waals surface area contributed by atoms with Crippen molar-refractivity contribution in [1.82, 2.24) is 10.2 Å². The Morgan fingerprint density at radius 1 is 0.981 bits per heavy atom. The third kappa shape index (κ3) is 9.88. The molecule has 0 atom stereocenters. The first kappa shape index (κ1) is 38.7. The topological polar surface area (TPSA) is 97.3 Å². The molecule has 0 bridgehead atoms. The second-order valence-electron chi connectivity index (χ2n) is 11.5. The van der Waals surface area contributed by atoms with Crippen LogP contribution >= 0.6 is 27.7 Å². The van der Waals surface area contributed by atoms with Crippen LogP contribution in [0.5, 0.6) is 11.5 Å². The van der Waals surface area contributed by atoms with Crippen molar-refractivity contribution in [1.29, 1.82) is 0 Å². The Morgan fingerprint density at radius 3 is 2.25 bits per heavy atom. The van der Waals surface area contributed by atoms with Gasteiger partial charge in [-0.25, -0.2) is 4.39 Å². The Hall–Kier alpha value is -5.52. The van der Waals surface area contributed by atoms with Crippen molar-refractivity contribution < 1.29 is 28.2 Å². The number of carbonyl (C=O) groups is 3. The van der Waals surface area contributed by atoms with Crippen LogP contribution in [0.3, 0.4) is 0 Å². The molecule has 1 N–H and O–H groups in total. The van der Waals surface area contributed by atoms with E-state index in [9.17, 15) is 18.8 Å². The van der Waals surface area contributed by atoms with E-state index < -0.39 is 23.7 Å². The molecular weight excluding hydrogens is 757 g/mol. The molecule has 5 rings (SSSR count). The van der Waals surface area contributed by atoms with Crippen LogP contribution in [0.1, 0.15) is 42.1 Å². The fraction of sp³-hybridized carbons (Fsp3) is 0.143. The van der Waals surface area contributed by atoms with Gasteiger partial charge in [-0.2, -0.15) is 4.99 Å². The summed E-state index contributed by atoms with van der Waals surface area (Å²) >= 11 is 4.51. The zero-order valence-corrected chi connectivity index (χ0v) is 31.5. The Labute approximate surface area is 320 Å². The Morgan fingerprint density at radius 2 is 1.62 bits per heavy atom. The normalized spacial score (nSPS) is 14.1. The smallest absolute Gasteiger partial charge is 0.285 e. The predicted molar refractivity (Wildman–Crippen MR) is 212 cm³/mol. The van der Waals surface area contributed by atoms with Crippen LogP contribution in [0.2, 0.25) is 0 Å². The van der Waals surface area contributed by atoms with Crippen molar-refractivity contribution >= 4 is 56.7 Å². The zero-order valence-electron chi connectivity index (χ0n) is 29.1. The third-order valence-corrected chi connectivity index (χ3v) is 9.54. The lowest BCUT2D eigenvalue weighted by molar-refractivity contribution is -0.126. The fourth-order valence-electron chi connectivity index (χ4n) is 5.36. The first-order valence-electron chi connectivity index (χ1n) is 16.7. The summed E-state index contributed by atoms with van der Waals surface area (Å²) in [5.41, 5.74) is 2.85. The standard InChI is InChI=1S/C42H37BrFN3O5S/c1-4-7-21-32(5-2)47-41(50)33(23-31-24-36(51-6-3)37(25-34(31)43)52-26-30-20-14-15-22-35(30)44)40(49)46-42(47)53-27-38(48)45-39(28-16-10-8-11-17-28)29-18-12-9-13-19-29/h4-5,7-25,39H,1,6,26-27H2,2-3H3,(H,45,48)/b21-7-,32-5+,33-23+. The van der Waals surface area contributed by atoms with Gasteiger partial charge < -0.3 is 14.8 Å². The Kier molecular flexibility index (Phi) is 13.7. The van der Waals surface area contributed by atoms with Crippen LogP contribution in [0, 0.1) is 5.82 Å². The third-order valence-electron chi connectivity index (χ3n) is 7.92. The van der Waals surface area contributed by atoms with E-state index in [1.54, 1.807) is 68.5 Å². The summed E-state index contributed by atoms with van der Waals surface area (Å²) in [6, 6.07) is 28.4. The van der Waals surface area contributed by atoms with Crippen molar-refractivity contribution in [3.05, 3.63) is 172 Å². The number of thioether (sulfide) groups is 1. The van der Waals surface area contributed by atoms with Crippen LogP contribution in [0.15, 0.2) is 149 Å². The second kappa shape index (κ2) is 18.8. The molecule has 0 spiro atoms. The van der Waals surface area contributed by atoms with Gasteiger partial charge in [0.2, 0.25) is 5.91 Å². The van der Waals surface area contributed by atoms with E-state index >= 15 is 0 Å². The molecule has 0 fully saturated rings. The maximum Gasteiger partial charge on any atom is 0.285 e. The maximum atomic E-state index is 14.3. The fourth-order valence-corrected chi connectivity index (χ4v) is 6.61. The first-order chi connectivity index (χ1) is 25.7. The number of benzene rings is 4. The molecule has 0 unspecified atom stereocenters. The molecule has 8 nitrogen and oxygen atoms in total. The number of rotatable bonds is 14. The number of nitrogens with one attached hydrogen (secondary N) is 1. The summed E-state index contributed by atoms with van der Waals surface area (Å²) in [5.74, 6) is -1.55. The van der Waals surface area contributed by atoms with Gasteiger partial charge in [0.05, 0.1) is 18.4 Å². The molecule has 4 aromatic rings. The van der Waals surface area contributed by atoms with Gasteiger partial charge in [0.25, 0.3) is 11.8 Å². The average Bonchev–Trinajstić information content (AvgIpc) is 3.17. The van der Waals surface area contributed by atoms with Gasteiger partial charge in [-0.05, 0) is 60.9 Å². The summed E-state index contributed by atoms with van der Waals surface area (Å²) < 4.78 is 26.5. The van der Waals surface area contributed by atoms with E-state index in [0.717, 1.165) is 22.9 Å². The van der Waals surface area contributed by atoms with Crippen LogP contribution in [0.4, 0.5) is 4.39 Å². The van der Waals surface area contributed by atoms with E-state index in [1.807, 2.05) is 60.7 Å². The number of halogens is 2. The van der Waals surface area contributed by atoms with Crippen LogP contribution in [-0.2, 0) is 21.0 Å². The highest BCUT2D eigenvalue weighted by molar-refractivity contribution is 9.10. The van der Waals surface area contributed by atoms with Crippen molar-refractivity contribution in [3.63, 3.8) is 0 Å². The summed E-state index contributed by atoms with van der Waals surface area (Å²) in [4.78, 5) is 46.9. The van der Waals surface area contributed by atoms with Gasteiger partial charge in [0.15, 0.2) is 16.7 Å². The van der Waals surface area contributed by atoms with Crippen molar-refractivity contribution in [2.45, 2.75) is 26.5 Å². The molecule has 0 saturated heterocycles. The minimum Gasteiger partial charge on any atom is -0.490 e. The molecule has 0 aliphatic carbocycles. The van der Waals surface area contributed by atoms with E-state index in [0.29, 0.717) is 39.4 Å². The predicted octanol–water partition coefficient (Wildman–Crippen LogP) is 8.96. The molecule has 0 saturated carbocycles. The number of hydrogen-bond acceptors (Lipinski definition) is 6. The largest absolute Gasteiger partial charge is 0.490 e. The van der Waals surface area contributed by atoms with Crippen LogP contribution < -0.4 is 14.8 Å². The van der Waals surface area contributed by atoms with E-state index in [4.69, 9.17) is 9.47 Å². The molecule has 1 aliphatic heterocycles. The second-order valence-corrected chi connectivity index (χ2v) is 13.2. The molecule has 270 valence electrons. The molecule has 53 heavy (non-hydrogen) atoms. The molecule has 3 amide bonds. The molecular formula is C42H37BrFN3O5S. The number of allylic oxidation sites excluding steroid dienone is 4. The highest BCUT2D eigenvalue weighted by Gasteiger charge is 2.35. The first-order valence-corrected chi connectivity index (χ1v) is 18.5. The molecule has 1 aliphatic rings. The van der Waals surface area contributed by atoms with E-state index in [2.05, 4.69) is 32.8 Å². The van der Waals surface area contributed by atoms with Gasteiger partial charge in [0.1, 0.15) is 18.0 Å². The lowest BCUT2D eigenvalue weighted by Gasteiger charge is -2.28. The highest BCUT2D eigenvalue weighted by atomic mass is 79.9. The lowest BCUT2D eigenvalue weighted by atomic mass is 9.99. The van der Waals surface area contributed by atoms with Crippen LogP contribution in [-0.4, -0.2) is 40.1 Å². The SMILES string of the molecule is C=C/C=C\C(=C/C)N1C(=O)/C(=C/c2cc(OCC)c(OCc3ccccc3F)cc2Br)C(=O)N=C1SCC(=O)NC(c1ccccc1)c1ccccc1. The van der Waals surface area contributed by atoms with Gasteiger partial charge in [-0.1, -0.05) is 131 Å². The number of carbonyl (C=O) groups excluding carboxylic acids is 3. The number of amidine groups is 1. The van der Waals surface area contributed by atoms with Crippen LogP contribution in [0.25, 0.3) is 6.08 Å². The number of nitrogens with zero attached hydrogens (tertiary/aromatic N) is 2. The number of ether oxygens (including phenoxy) is 2. The molecule has 11 heteroatoms. The van der Waals surface area contributed by atoms with Gasteiger partial charge in [-0.3, -0.25) is 19.3 Å². The summed E-state index contributed by atoms with van der Waals surface area (Å²) in [5, 5.41) is 3.14. The van der Waals surface area contributed by atoms with Gasteiger partial charge in [0, 0.05) is 15.7 Å². The average molecular weight is 795 g/mol. The van der Waals surface area contributed by atoms with Crippen molar-refractivity contribution in [3.8, 4) is 11.5 Å². The molecule has 1 heterocycles. The minimum atomic E-state index is -0.770. The van der Waals surface area contributed by atoms with Gasteiger partial charge >= 0.3 is 0 Å². The van der Waals surface area contributed by atoms with Crippen molar-refractivity contribution in [2.24, 2.45) is 4.99 Å². The number of aliphatic imine (C=N–C) groups is 1. The zero-order chi connectivity index (χ0) is 37.7. The lowest BCUT2D eigenvalue weighted by Crippen LogP contribution is -2.42. The minimum absolute atomic E-state index is 0.0394. The summed E-state index contributed by atoms with van der Waals surface area (Å²) in [6.45, 7) is 7.54. The quantitative estimate of drug-likeness (QED) is 0.0778. The van der Waals surface area contributed by atoms with Gasteiger partial charge in [-0.15, -0.1) is 0 Å².